The van der Waals surface area contributed by atoms with Crippen LogP contribution >= 0.6 is 23.7 Å². The molecule has 6 nitrogen and oxygen atoms in total. The van der Waals surface area contributed by atoms with Crippen molar-refractivity contribution in [1.29, 1.82) is 0 Å². The molecule has 32 heavy (non-hydrogen) atoms. The van der Waals surface area contributed by atoms with Gasteiger partial charge in [-0.3, -0.25) is 14.6 Å². The van der Waals surface area contributed by atoms with E-state index in [0.29, 0.717) is 22.9 Å². The summed E-state index contributed by atoms with van der Waals surface area (Å²) < 4.78 is 25.4. The summed E-state index contributed by atoms with van der Waals surface area (Å²) in [6.07, 6.45) is 0.806. The number of morpholine rings is 1. The summed E-state index contributed by atoms with van der Waals surface area (Å²) in [5.41, 5.74) is 1.82. The Morgan fingerprint density at radius 1 is 1.22 bits per heavy atom. The number of hydrogen-bond acceptors (Lipinski definition) is 6. The second kappa shape index (κ2) is 11.6. The van der Waals surface area contributed by atoms with E-state index in [-0.39, 0.29) is 30.7 Å². The number of carbonyl (C=O) groups excluding carboxylic acids is 1. The van der Waals surface area contributed by atoms with Gasteiger partial charge in [-0.25, -0.2) is 9.37 Å². The minimum Gasteiger partial charge on any atom is -0.484 e. The van der Waals surface area contributed by atoms with E-state index in [0.717, 1.165) is 49.5 Å². The molecule has 0 bridgehead atoms. The number of benzene rings is 2. The number of thiazole rings is 1. The third-order valence-corrected chi connectivity index (χ3v) is 6.26. The lowest BCUT2D eigenvalue weighted by atomic mass is 10.2. The van der Waals surface area contributed by atoms with Gasteiger partial charge in [-0.05, 0) is 43.7 Å². The zero-order valence-corrected chi connectivity index (χ0v) is 19.6. The van der Waals surface area contributed by atoms with Gasteiger partial charge in [0, 0.05) is 26.2 Å². The van der Waals surface area contributed by atoms with Crippen molar-refractivity contribution in [2.45, 2.75) is 13.3 Å². The van der Waals surface area contributed by atoms with Crippen LogP contribution in [0.4, 0.5) is 9.52 Å². The molecule has 1 aromatic heterocycles. The van der Waals surface area contributed by atoms with Crippen LogP contribution in [0.25, 0.3) is 10.2 Å². The predicted octanol–water partition coefficient (Wildman–Crippen LogP) is 4.30. The topological polar surface area (TPSA) is 54.9 Å². The molecule has 0 saturated carbocycles. The summed E-state index contributed by atoms with van der Waals surface area (Å²) in [6.45, 7) is 6.63. The van der Waals surface area contributed by atoms with Crippen LogP contribution in [0.3, 0.4) is 0 Å². The fourth-order valence-corrected chi connectivity index (χ4v) is 4.50. The minimum atomic E-state index is -0.310. The predicted molar refractivity (Wildman–Crippen MR) is 128 cm³/mol. The monoisotopic (exact) mass is 479 g/mol. The molecule has 2 heterocycles. The van der Waals surface area contributed by atoms with E-state index < -0.39 is 0 Å². The number of ether oxygens (including phenoxy) is 2. The lowest BCUT2D eigenvalue weighted by Crippen LogP contribution is -2.40. The molecule has 0 spiro atoms. The number of aryl methyl sites for hydroxylation is 1. The number of fused-ring (bicyclic) bond motifs is 1. The maximum Gasteiger partial charge on any atom is 0.266 e. The zero-order valence-electron chi connectivity index (χ0n) is 18.0. The standard InChI is InChI=1S/C23H26FN3O3S.ClH/c1-17-3-6-19(7-4-17)30-16-22(28)27(10-2-9-26-11-13-29-14-12-26)23-25-20-8-5-18(24)15-21(20)31-23;/h3-8,15H,2,9-14,16H2,1H3;1H. The third-order valence-electron chi connectivity index (χ3n) is 5.21. The first-order chi connectivity index (χ1) is 15.1. The van der Waals surface area contributed by atoms with Gasteiger partial charge in [0.1, 0.15) is 11.6 Å². The molecule has 1 aliphatic rings. The molecule has 2 aromatic carbocycles. The molecular weight excluding hydrogens is 453 g/mol. The Morgan fingerprint density at radius 3 is 2.72 bits per heavy atom. The molecule has 1 aliphatic heterocycles. The van der Waals surface area contributed by atoms with Gasteiger partial charge < -0.3 is 9.47 Å². The van der Waals surface area contributed by atoms with Crippen molar-refractivity contribution in [1.82, 2.24) is 9.88 Å². The highest BCUT2D eigenvalue weighted by Crippen LogP contribution is 2.29. The highest BCUT2D eigenvalue weighted by atomic mass is 35.5. The van der Waals surface area contributed by atoms with Crippen molar-refractivity contribution in [3.05, 3.63) is 53.8 Å². The molecule has 0 aliphatic carbocycles. The molecule has 0 unspecified atom stereocenters. The van der Waals surface area contributed by atoms with Crippen molar-refractivity contribution in [2.75, 3.05) is 50.9 Å². The highest BCUT2D eigenvalue weighted by Gasteiger charge is 2.21. The summed E-state index contributed by atoms with van der Waals surface area (Å²) in [5.74, 6) is 0.177. The van der Waals surface area contributed by atoms with Gasteiger partial charge in [-0.1, -0.05) is 29.0 Å². The molecule has 1 fully saturated rings. The molecule has 0 atom stereocenters. The highest BCUT2D eigenvalue weighted by molar-refractivity contribution is 7.22. The van der Waals surface area contributed by atoms with Crippen molar-refractivity contribution in [3.8, 4) is 5.75 Å². The number of amides is 1. The van der Waals surface area contributed by atoms with E-state index in [1.807, 2.05) is 31.2 Å². The summed E-state index contributed by atoms with van der Waals surface area (Å²) in [4.78, 5) is 21.6. The fourth-order valence-electron chi connectivity index (χ4n) is 3.46. The Hall–Kier alpha value is -2.26. The average Bonchev–Trinajstić information content (AvgIpc) is 3.19. The first-order valence-corrected chi connectivity index (χ1v) is 11.3. The van der Waals surface area contributed by atoms with Crippen LogP contribution in [0.1, 0.15) is 12.0 Å². The van der Waals surface area contributed by atoms with Gasteiger partial charge in [0.15, 0.2) is 11.7 Å². The summed E-state index contributed by atoms with van der Waals surface area (Å²) in [7, 11) is 0. The Kier molecular flexibility index (Phi) is 8.81. The van der Waals surface area contributed by atoms with E-state index in [4.69, 9.17) is 9.47 Å². The molecular formula is C23H27ClFN3O3S. The van der Waals surface area contributed by atoms with Gasteiger partial charge in [0.25, 0.3) is 5.91 Å². The van der Waals surface area contributed by atoms with Gasteiger partial charge in [-0.15, -0.1) is 12.4 Å². The van der Waals surface area contributed by atoms with Gasteiger partial charge >= 0.3 is 0 Å². The smallest absolute Gasteiger partial charge is 0.266 e. The van der Waals surface area contributed by atoms with Gasteiger partial charge in [0.05, 0.1) is 23.4 Å². The number of anilines is 1. The molecule has 3 aromatic rings. The number of halogens is 2. The zero-order chi connectivity index (χ0) is 21.6. The van der Waals surface area contributed by atoms with E-state index in [9.17, 15) is 9.18 Å². The van der Waals surface area contributed by atoms with Gasteiger partial charge in [-0.2, -0.15) is 0 Å². The van der Waals surface area contributed by atoms with E-state index in [1.165, 1.54) is 23.5 Å². The summed E-state index contributed by atoms with van der Waals surface area (Å²) in [5, 5.41) is 0.570. The van der Waals surface area contributed by atoms with Crippen LogP contribution in [0.5, 0.6) is 5.75 Å². The fraction of sp³-hybridized carbons (Fsp3) is 0.391. The van der Waals surface area contributed by atoms with Crippen molar-refractivity contribution in [3.63, 3.8) is 0 Å². The maximum absolute atomic E-state index is 13.6. The Labute approximate surface area is 197 Å². The van der Waals surface area contributed by atoms with Crippen LogP contribution in [-0.4, -0.2) is 61.8 Å². The van der Waals surface area contributed by atoms with Crippen LogP contribution in [0.2, 0.25) is 0 Å². The molecule has 4 rings (SSSR count). The van der Waals surface area contributed by atoms with Crippen LogP contribution in [0.15, 0.2) is 42.5 Å². The number of carbonyl (C=O) groups is 1. The van der Waals surface area contributed by atoms with E-state index >= 15 is 0 Å². The van der Waals surface area contributed by atoms with Crippen LogP contribution in [0, 0.1) is 12.7 Å². The number of nitrogens with zero attached hydrogens (tertiary/aromatic N) is 3. The Morgan fingerprint density at radius 2 is 1.97 bits per heavy atom. The van der Waals surface area contributed by atoms with E-state index in [2.05, 4.69) is 9.88 Å². The second-order valence-electron chi connectivity index (χ2n) is 7.56. The van der Waals surface area contributed by atoms with Crippen LogP contribution in [-0.2, 0) is 9.53 Å². The lowest BCUT2D eigenvalue weighted by molar-refractivity contribution is -0.120. The minimum absolute atomic E-state index is 0. The van der Waals surface area contributed by atoms with Gasteiger partial charge in [0.2, 0.25) is 0 Å². The normalized spacial score (nSPS) is 14.2. The van der Waals surface area contributed by atoms with E-state index in [1.54, 1.807) is 11.0 Å². The number of rotatable bonds is 8. The second-order valence-corrected chi connectivity index (χ2v) is 8.57. The third kappa shape index (κ3) is 6.38. The SMILES string of the molecule is Cc1ccc(OCC(=O)N(CCCN2CCOCC2)c2nc3ccc(F)cc3s2)cc1.Cl. The molecule has 0 radical (unpaired) electrons. The number of aromatic nitrogens is 1. The average molecular weight is 480 g/mol. The lowest BCUT2D eigenvalue weighted by Gasteiger charge is -2.27. The Bertz CT molecular complexity index is 1030. The first-order valence-electron chi connectivity index (χ1n) is 10.4. The van der Waals surface area contributed by atoms with Crippen molar-refractivity contribution in [2.24, 2.45) is 0 Å². The molecule has 9 heteroatoms. The van der Waals surface area contributed by atoms with Crippen LogP contribution < -0.4 is 9.64 Å². The molecule has 1 amide bonds. The molecule has 0 N–H and O–H groups in total. The number of hydrogen-bond donors (Lipinski definition) is 0. The summed E-state index contributed by atoms with van der Waals surface area (Å²) >= 11 is 1.32. The molecule has 172 valence electrons. The maximum atomic E-state index is 13.6. The molecule has 1 saturated heterocycles. The summed E-state index contributed by atoms with van der Waals surface area (Å²) in [6, 6.07) is 12.1. The van der Waals surface area contributed by atoms with Crippen molar-refractivity contribution < 1.29 is 18.7 Å². The quantitative estimate of drug-likeness (QED) is 0.482. The van der Waals surface area contributed by atoms with Crippen molar-refractivity contribution >= 4 is 45.0 Å². The first kappa shape index (κ1) is 24.4. The Balaban J connectivity index is 0.00000289. The largest absolute Gasteiger partial charge is 0.484 e.